The van der Waals surface area contributed by atoms with Crippen LogP contribution in [0.2, 0.25) is 10.0 Å². The van der Waals surface area contributed by atoms with Crippen LogP contribution in [0, 0.1) is 5.82 Å². The molecule has 0 fully saturated rings. The fraction of sp³-hybridized carbons (Fsp3) is 0.111. The van der Waals surface area contributed by atoms with Gasteiger partial charge in [-0.3, -0.25) is 4.57 Å². The van der Waals surface area contributed by atoms with E-state index in [2.05, 4.69) is 16.8 Å². The van der Waals surface area contributed by atoms with Gasteiger partial charge in [0.25, 0.3) is 0 Å². The number of rotatable bonds is 6. The fourth-order valence-electron chi connectivity index (χ4n) is 2.34. The lowest BCUT2D eigenvalue weighted by Crippen LogP contribution is -2.01. The van der Waals surface area contributed by atoms with Gasteiger partial charge in [-0.05, 0) is 24.3 Å². The zero-order valence-corrected chi connectivity index (χ0v) is 15.5. The van der Waals surface area contributed by atoms with Crippen LogP contribution in [0.15, 0.2) is 60.3 Å². The minimum Gasteiger partial charge on any atom is -0.298 e. The standard InChI is InChI=1S/C18H14Cl2FN3S/c1-2-10-24-17(12-6-3-4-7-14(12)19)22-23-18(24)25-11-13-15(20)8-5-9-16(13)21/h2-9H,1,10-11H2. The van der Waals surface area contributed by atoms with Crippen molar-refractivity contribution >= 4 is 35.0 Å². The van der Waals surface area contributed by atoms with Crippen molar-refractivity contribution in [2.45, 2.75) is 17.5 Å². The molecule has 0 spiro atoms. The first-order valence-electron chi connectivity index (χ1n) is 7.46. The van der Waals surface area contributed by atoms with E-state index >= 15 is 0 Å². The monoisotopic (exact) mass is 393 g/mol. The molecule has 0 saturated carbocycles. The SMILES string of the molecule is C=CCn1c(SCc2c(F)cccc2Cl)nnc1-c1ccccc1Cl. The number of benzene rings is 2. The van der Waals surface area contributed by atoms with E-state index in [1.54, 1.807) is 24.3 Å². The van der Waals surface area contributed by atoms with E-state index in [1.807, 2.05) is 22.8 Å². The Morgan fingerprint density at radius 2 is 1.84 bits per heavy atom. The zero-order valence-electron chi connectivity index (χ0n) is 13.1. The molecule has 25 heavy (non-hydrogen) atoms. The van der Waals surface area contributed by atoms with Gasteiger partial charge >= 0.3 is 0 Å². The summed E-state index contributed by atoms with van der Waals surface area (Å²) in [6, 6.07) is 12.1. The highest BCUT2D eigenvalue weighted by atomic mass is 35.5. The molecule has 7 heteroatoms. The number of nitrogens with zero attached hydrogens (tertiary/aromatic N) is 3. The molecular formula is C18H14Cl2FN3S. The zero-order chi connectivity index (χ0) is 17.8. The molecule has 2 aromatic carbocycles. The molecule has 0 unspecified atom stereocenters. The highest BCUT2D eigenvalue weighted by Gasteiger charge is 2.17. The molecule has 3 nitrogen and oxygen atoms in total. The normalized spacial score (nSPS) is 10.8. The van der Waals surface area contributed by atoms with Crippen molar-refractivity contribution < 1.29 is 4.39 Å². The average Bonchev–Trinajstić information content (AvgIpc) is 2.98. The van der Waals surface area contributed by atoms with Crippen molar-refractivity contribution in [1.82, 2.24) is 14.8 Å². The maximum atomic E-state index is 14.0. The smallest absolute Gasteiger partial charge is 0.192 e. The summed E-state index contributed by atoms with van der Waals surface area (Å²) in [6.07, 6.45) is 1.75. The summed E-state index contributed by atoms with van der Waals surface area (Å²) in [6.45, 7) is 4.30. The summed E-state index contributed by atoms with van der Waals surface area (Å²) in [5, 5.41) is 10.1. The lowest BCUT2D eigenvalue weighted by Gasteiger charge is -2.09. The number of hydrogen-bond donors (Lipinski definition) is 0. The number of halogens is 3. The quantitative estimate of drug-likeness (QED) is 0.387. The topological polar surface area (TPSA) is 30.7 Å². The van der Waals surface area contributed by atoms with Crippen molar-refractivity contribution in [2.75, 3.05) is 0 Å². The Morgan fingerprint density at radius 1 is 1.08 bits per heavy atom. The third kappa shape index (κ3) is 3.89. The van der Waals surface area contributed by atoms with E-state index in [4.69, 9.17) is 23.2 Å². The molecular weight excluding hydrogens is 380 g/mol. The Kier molecular flexibility index (Phi) is 5.78. The van der Waals surface area contributed by atoms with E-state index < -0.39 is 0 Å². The van der Waals surface area contributed by atoms with E-state index in [1.165, 1.54) is 17.8 Å². The minimum atomic E-state index is -0.332. The Labute approximate surface area is 159 Å². The van der Waals surface area contributed by atoms with Crippen LogP contribution in [0.25, 0.3) is 11.4 Å². The summed E-state index contributed by atoms with van der Waals surface area (Å²) >= 11 is 13.7. The third-order valence-corrected chi connectivity index (χ3v) is 5.23. The lowest BCUT2D eigenvalue weighted by molar-refractivity contribution is 0.617. The second kappa shape index (κ2) is 8.04. The van der Waals surface area contributed by atoms with Crippen LogP contribution in [0.5, 0.6) is 0 Å². The first kappa shape index (κ1) is 18.0. The van der Waals surface area contributed by atoms with E-state index in [0.29, 0.717) is 38.9 Å². The predicted molar refractivity (Wildman–Crippen MR) is 102 cm³/mol. The molecule has 1 heterocycles. The second-order valence-corrected chi connectivity index (χ2v) is 6.93. The molecule has 1 aromatic heterocycles. The van der Waals surface area contributed by atoms with E-state index in [0.717, 1.165) is 5.56 Å². The van der Waals surface area contributed by atoms with Gasteiger partial charge in [0.05, 0.1) is 5.02 Å². The number of aromatic nitrogens is 3. The summed E-state index contributed by atoms with van der Waals surface area (Å²) in [5.74, 6) is 0.664. The maximum Gasteiger partial charge on any atom is 0.192 e. The fourth-order valence-corrected chi connectivity index (χ4v) is 3.85. The number of thioether (sulfide) groups is 1. The molecule has 0 bridgehead atoms. The molecule has 3 rings (SSSR count). The molecule has 0 saturated heterocycles. The van der Waals surface area contributed by atoms with Gasteiger partial charge in [-0.25, -0.2) is 4.39 Å². The van der Waals surface area contributed by atoms with Crippen molar-refractivity contribution in [3.8, 4) is 11.4 Å². The Bertz CT molecular complexity index is 891. The lowest BCUT2D eigenvalue weighted by atomic mass is 10.2. The van der Waals surface area contributed by atoms with Gasteiger partial charge in [0.15, 0.2) is 11.0 Å². The van der Waals surface area contributed by atoms with Gasteiger partial charge in [0, 0.05) is 28.4 Å². The summed E-state index contributed by atoms with van der Waals surface area (Å²) in [4.78, 5) is 0. The largest absolute Gasteiger partial charge is 0.298 e. The first-order chi connectivity index (χ1) is 12.1. The van der Waals surface area contributed by atoms with Gasteiger partial charge in [0.2, 0.25) is 0 Å². The Hall–Kier alpha value is -1.82. The molecule has 0 atom stereocenters. The van der Waals surface area contributed by atoms with Crippen LogP contribution in [-0.2, 0) is 12.3 Å². The molecule has 0 aliphatic rings. The van der Waals surface area contributed by atoms with E-state index in [-0.39, 0.29) is 5.82 Å². The van der Waals surface area contributed by atoms with Gasteiger partial charge in [0.1, 0.15) is 5.82 Å². The van der Waals surface area contributed by atoms with Gasteiger partial charge in [-0.15, -0.1) is 16.8 Å². The second-order valence-electron chi connectivity index (χ2n) is 5.17. The van der Waals surface area contributed by atoms with Crippen LogP contribution in [0.1, 0.15) is 5.56 Å². The van der Waals surface area contributed by atoms with Crippen LogP contribution in [0.4, 0.5) is 4.39 Å². The molecule has 3 aromatic rings. The first-order valence-corrected chi connectivity index (χ1v) is 9.20. The molecule has 0 aliphatic carbocycles. The van der Waals surface area contributed by atoms with Crippen molar-refractivity contribution in [1.29, 1.82) is 0 Å². The average molecular weight is 394 g/mol. The Balaban J connectivity index is 1.92. The van der Waals surface area contributed by atoms with Crippen molar-refractivity contribution in [2.24, 2.45) is 0 Å². The summed E-state index contributed by atoms with van der Waals surface area (Å²) in [5.41, 5.74) is 1.23. The van der Waals surface area contributed by atoms with Crippen molar-refractivity contribution in [3.63, 3.8) is 0 Å². The molecule has 0 amide bonds. The minimum absolute atomic E-state index is 0.332. The predicted octanol–water partition coefficient (Wildman–Crippen LogP) is 5.87. The van der Waals surface area contributed by atoms with Crippen LogP contribution in [-0.4, -0.2) is 14.8 Å². The van der Waals surface area contributed by atoms with Gasteiger partial charge < -0.3 is 0 Å². The number of hydrogen-bond acceptors (Lipinski definition) is 3. The van der Waals surface area contributed by atoms with Crippen LogP contribution in [0.3, 0.4) is 0 Å². The highest BCUT2D eigenvalue weighted by molar-refractivity contribution is 7.98. The summed E-state index contributed by atoms with van der Waals surface area (Å²) < 4.78 is 15.8. The molecule has 0 aliphatic heterocycles. The van der Waals surface area contributed by atoms with Crippen LogP contribution >= 0.6 is 35.0 Å². The number of allylic oxidation sites excluding steroid dienone is 1. The van der Waals surface area contributed by atoms with E-state index in [9.17, 15) is 4.39 Å². The van der Waals surface area contributed by atoms with Gasteiger partial charge in [-0.2, -0.15) is 0 Å². The third-order valence-electron chi connectivity index (χ3n) is 3.55. The molecule has 128 valence electrons. The maximum absolute atomic E-state index is 14.0. The van der Waals surface area contributed by atoms with Gasteiger partial charge in [-0.1, -0.05) is 59.2 Å². The summed E-state index contributed by atoms with van der Waals surface area (Å²) in [7, 11) is 0. The Morgan fingerprint density at radius 3 is 2.56 bits per heavy atom. The molecule has 0 N–H and O–H groups in total. The van der Waals surface area contributed by atoms with Crippen LogP contribution < -0.4 is 0 Å². The highest BCUT2D eigenvalue weighted by Crippen LogP contribution is 2.32. The van der Waals surface area contributed by atoms with Crippen molar-refractivity contribution in [3.05, 3.63) is 76.5 Å². The molecule has 0 radical (unpaired) electrons.